The molecule has 9 heteroatoms. The third kappa shape index (κ3) is 7.22. The summed E-state index contributed by atoms with van der Waals surface area (Å²) in [6.07, 6.45) is 0. The first-order chi connectivity index (χ1) is 12.8. The van der Waals surface area contributed by atoms with Gasteiger partial charge in [0.1, 0.15) is 5.75 Å². The molecule has 0 unspecified atom stereocenters. The first-order valence-corrected chi connectivity index (χ1v) is 8.75. The summed E-state index contributed by atoms with van der Waals surface area (Å²) < 4.78 is 42.2. The van der Waals surface area contributed by atoms with Crippen LogP contribution in [0.4, 0.5) is 18.9 Å². The lowest BCUT2D eigenvalue weighted by atomic mass is 10.2. The largest absolute Gasteiger partial charge is 0.484 e. The zero-order chi connectivity index (χ0) is 19.9. The minimum atomic E-state index is -4.37. The highest BCUT2D eigenvalue weighted by atomic mass is 32.2. The third-order valence-corrected chi connectivity index (χ3v) is 3.95. The fraction of sp³-hybridized carbons (Fsp3) is 0.222. The van der Waals surface area contributed by atoms with E-state index in [9.17, 15) is 22.8 Å². The maximum atomic E-state index is 12.3. The van der Waals surface area contributed by atoms with Gasteiger partial charge in [-0.25, -0.2) is 0 Å². The van der Waals surface area contributed by atoms with Gasteiger partial charge in [0, 0.05) is 22.7 Å². The van der Waals surface area contributed by atoms with Crippen molar-refractivity contribution in [2.45, 2.75) is 17.3 Å². The quantitative estimate of drug-likeness (QED) is 0.690. The minimum Gasteiger partial charge on any atom is -0.484 e. The second-order valence-electron chi connectivity index (χ2n) is 5.29. The molecule has 5 nitrogen and oxygen atoms in total. The number of carbonyl (C=O) groups excluding carboxylic acids is 2. The molecule has 0 spiro atoms. The van der Waals surface area contributed by atoms with Crippen molar-refractivity contribution in [3.63, 3.8) is 0 Å². The van der Waals surface area contributed by atoms with Gasteiger partial charge in [0.25, 0.3) is 11.8 Å². The summed E-state index contributed by atoms with van der Waals surface area (Å²) in [7, 11) is 0. The lowest BCUT2D eigenvalue weighted by Crippen LogP contribution is -2.28. The van der Waals surface area contributed by atoms with Crippen LogP contribution in [0.2, 0.25) is 0 Å². The van der Waals surface area contributed by atoms with E-state index in [1.54, 1.807) is 31.2 Å². The number of amides is 2. The van der Waals surface area contributed by atoms with E-state index >= 15 is 0 Å². The minimum absolute atomic E-state index is 0.00709. The zero-order valence-corrected chi connectivity index (χ0v) is 15.1. The van der Waals surface area contributed by atoms with Crippen molar-refractivity contribution in [2.24, 2.45) is 0 Å². The van der Waals surface area contributed by atoms with E-state index in [0.717, 1.165) is 0 Å². The SMILES string of the molecule is CCNC(=O)COc1ccc(NC(=O)c2ccc(SC(F)(F)F)cc2)cc1. The number of rotatable bonds is 7. The molecule has 0 heterocycles. The molecule has 144 valence electrons. The Morgan fingerprint density at radius 3 is 2.22 bits per heavy atom. The number of likely N-dealkylation sites (N-methyl/N-ethyl adjacent to an activating group) is 1. The van der Waals surface area contributed by atoms with Gasteiger partial charge in [0.2, 0.25) is 0 Å². The van der Waals surface area contributed by atoms with Gasteiger partial charge in [-0.2, -0.15) is 13.2 Å². The van der Waals surface area contributed by atoms with Gasteiger partial charge < -0.3 is 15.4 Å². The van der Waals surface area contributed by atoms with Crippen molar-refractivity contribution in [1.29, 1.82) is 0 Å². The van der Waals surface area contributed by atoms with E-state index in [-0.39, 0.29) is 34.7 Å². The van der Waals surface area contributed by atoms with Crippen molar-refractivity contribution < 1.29 is 27.5 Å². The Morgan fingerprint density at radius 1 is 1.04 bits per heavy atom. The van der Waals surface area contributed by atoms with Crippen LogP contribution in [0.15, 0.2) is 53.4 Å². The number of halogens is 3. The van der Waals surface area contributed by atoms with E-state index in [1.165, 1.54) is 24.3 Å². The summed E-state index contributed by atoms with van der Waals surface area (Å²) >= 11 is -0.238. The fourth-order valence-corrected chi connectivity index (χ4v) is 2.58. The summed E-state index contributed by atoms with van der Waals surface area (Å²) in [5.41, 5.74) is -3.65. The normalized spacial score (nSPS) is 11.0. The lowest BCUT2D eigenvalue weighted by Gasteiger charge is -2.09. The van der Waals surface area contributed by atoms with Crippen LogP contribution >= 0.6 is 11.8 Å². The van der Waals surface area contributed by atoms with Crippen LogP contribution in [-0.4, -0.2) is 30.5 Å². The highest BCUT2D eigenvalue weighted by Crippen LogP contribution is 2.36. The third-order valence-electron chi connectivity index (χ3n) is 3.21. The molecule has 0 saturated heterocycles. The topological polar surface area (TPSA) is 67.4 Å². The Balaban J connectivity index is 1.90. The molecule has 0 fully saturated rings. The van der Waals surface area contributed by atoms with Crippen molar-refractivity contribution in [3.8, 4) is 5.75 Å². The number of benzene rings is 2. The maximum Gasteiger partial charge on any atom is 0.446 e. The standard InChI is InChI=1S/C18H17F3N2O3S/c1-2-22-16(24)11-26-14-7-5-13(6-8-14)23-17(25)12-3-9-15(10-4-12)27-18(19,20)21/h3-10H,2,11H2,1H3,(H,22,24)(H,23,25). The number of alkyl halides is 3. The highest BCUT2D eigenvalue weighted by Gasteiger charge is 2.29. The highest BCUT2D eigenvalue weighted by molar-refractivity contribution is 8.00. The van der Waals surface area contributed by atoms with Gasteiger partial charge >= 0.3 is 5.51 Å². The summed E-state index contributed by atoms with van der Waals surface area (Å²) in [5, 5.41) is 5.24. The molecular formula is C18H17F3N2O3S. The van der Waals surface area contributed by atoms with E-state index in [2.05, 4.69) is 10.6 Å². The molecule has 0 aromatic heterocycles. The molecule has 0 aliphatic heterocycles. The molecule has 2 aromatic carbocycles. The van der Waals surface area contributed by atoms with E-state index in [0.29, 0.717) is 18.0 Å². The first kappa shape index (κ1) is 20.6. The van der Waals surface area contributed by atoms with E-state index in [1.807, 2.05) is 0 Å². The maximum absolute atomic E-state index is 12.3. The molecule has 0 aliphatic carbocycles. The van der Waals surface area contributed by atoms with Crippen LogP contribution < -0.4 is 15.4 Å². The second kappa shape index (κ2) is 9.31. The second-order valence-corrected chi connectivity index (χ2v) is 6.43. The number of carbonyl (C=O) groups is 2. The van der Waals surface area contributed by atoms with Crippen LogP contribution in [0.1, 0.15) is 17.3 Å². The predicted molar refractivity (Wildman–Crippen MR) is 96.9 cm³/mol. The summed E-state index contributed by atoms with van der Waals surface area (Å²) in [6, 6.07) is 11.5. The Hall–Kier alpha value is -2.68. The van der Waals surface area contributed by atoms with Crippen molar-refractivity contribution in [3.05, 3.63) is 54.1 Å². The average molecular weight is 398 g/mol. The molecule has 0 bridgehead atoms. The van der Waals surface area contributed by atoms with Gasteiger partial charge in [-0.15, -0.1) is 0 Å². The fourth-order valence-electron chi connectivity index (χ4n) is 2.04. The Morgan fingerprint density at radius 2 is 1.67 bits per heavy atom. The summed E-state index contributed by atoms with van der Waals surface area (Å²) in [6.45, 7) is 2.21. The van der Waals surface area contributed by atoms with E-state index < -0.39 is 11.4 Å². The van der Waals surface area contributed by atoms with Gasteiger partial charge in [-0.3, -0.25) is 9.59 Å². The number of anilines is 1. The molecular weight excluding hydrogens is 381 g/mol. The predicted octanol–water partition coefficient (Wildman–Crippen LogP) is 4.07. The first-order valence-electron chi connectivity index (χ1n) is 7.93. The molecule has 0 aliphatic rings. The number of nitrogens with one attached hydrogen (secondary N) is 2. The van der Waals surface area contributed by atoms with Crippen molar-refractivity contribution in [1.82, 2.24) is 5.32 Å². The number of thioether (sulfide) groups is 1. The average Bonchev–Trinajstić information content (AvgIpc) is 2.60. The summed E-state index contributed by atoms with van der Waals surface area (Å²) in [4.78, 5) is 23.5. The molecule has 2 N–H and O–H groups in total. The summed E-state index contributed by atoms with van der Waals surface area (Å²) in [5.74, 6) is -0.218. The molecule has 2 amide bonds. The van der Waals surface area contributed by atoms with Crippen LogP contribution in [0.5, 0.6) is 5.75 Å². The van der Waals surface area contributed by atoms with E-state index in [4.69, 9.17) is 4.74 Å². The molecule has 0 atom stereocenters. The van der Waals surface area contributed by atoms with Crippen LogP contribution in [-0.2, 0) is 4.79 Å². The molecule has 2 rings (SSSR count). The monoisotopic (exact) mass is 398 g/mol. The Kier molecular flexibility index (Phi) is 7.12. The zero-order valence-electron chi connectivity index (χ0n) is 14.3. The van der Waals surface area contributed by atoms with Crippen LogP contribution in [0.25, 0.3) is 0 Å². The Labute approximate surface area is 158 Å². The van der Waals surface area contributed by atoms with Crippen LogP contribution in [0.3, 0.4) is 0 Å². The van der Waals surface area contributed by atoms with Gasteiger partial charge in [0.05, 0.1) is 0 Å². The van der Waals surface area contributed by atoms with Gasteiger partial charge in [-0.1, -0.05) is 0 Å². The molecule has 2 aromatic rings. The molecule has 0 radical (unpaired) electrons. The van der Waals surface area contributed by atoms with Crippen LogP contribution in [0, 0.1) is 0 Å². The smallest absolute Gasteiger partial charge is 0.446 e. The molecule has 27 heavy (non-hydrogen) atoms. The number of hydrogen-bond acceptors (Lipinski definition) is 4. The number of hydrogen-bond donors (Lipinski definition) is 2. The molecule has 0 saturated carbocycles. The number of ether oxygens (including phenoxy) is 1. The Bertz CT molecular complexity index is 778. The van der Waals surface area contributed by atoms with Crippen molar-refractivity contribution in [2.75, 3.05) is 18.5 Å². The van der Waals surface area contributed by atoms with Gasteiger partial charge in [-0.05, 0) is 67.2 Å². The van der Waals surface area contributed by atoms with Crippen molar-refractivity contribution >= 4 is 29.3 Å². The lowest BCUT2D eigenvalue weighted by molar-refractivity contribution is -0.122. The van der Waals surface area contributed by atoms with Gasteiger partial charge in [0.15, 0.2) is 6.61 Å².